The molecule has 98 valence electrons. The summed E-state index contributed by atoms with van der Waals surface area (Å²) >= 11 is 6.05. The first-order valence-corrected chi connectivity index (χ1v) is 6.65. The molecule has 1 aliphatic heterocycles. The summed E-state index contributed by atoms with van der Waals surface area (Å²) in [5.41, 5.74) is 2.86. The maximum absolute atomic E-state index is 6.05. The van der Waals surface area contributed by atoms with Crippen LogP contribution in [0.4, 0.5) is 0 Å². The highest BCUT2D eigenvalue weighted by molar-refractivity contribution is 6.16. The van der Waals surface area contributed by atoms with Gasteiger partial charge >= 0.3 is 0 Å². The molecule has 3 rings (SSSR count). The van der Waals surface area contributed by atoms with Crippen LogP contribution in [0.15, 0.2) is 0 Å². The summed E-state index contributed by atoms with van der Waals surface area (Å²) < 4.78 is 9.65. The normalized spacial score (nSPS) is 24.2. The Hall–Kier alpha value is -1.07. The van der Waals surface area contributed by atoms with Crippen LogP contribution in [-0.4, -0.2) is 32.5 Å². The summed E-state index contributed by atoms with van der Waals surface area (Å²) in [5, 5.41) is 4.44. The van der Waals surface area contributed by atoms with E-state index in [0.717, 1.165) is 35.7 Å². The first-order valence-electron chi connectivity index (χ1n) is 6.12. The van der Waals surface area contributed by atoms with Crippen molar-refractivity contribution in [3.05, 3.63) is 11.5 Å². The third kappa shape index (κ3) is 1.50. The van der Waals surface area contributed by atoms with E-state index < -0.39 is 0 Å². The SMILES string of the molecule is Cc1nn(C)c2c1nc(CCl)n2C1(C)CCOC1. The van der Waals surface area contributed by atoms with E-state index in [2.05, 4.69) is 21.6 Å². The van der Waals surface area contributed by atoms with E-state index in [1.807, 2.05) is 18.7 Å². The van der Waals surface area contributed by atoms with E-state index >= 15 is 0 Å². The lowest BCUT2D eigenvalue weighted by atomic mass is 10.0. The van der Waals surface area contributed by atoms with Crippen molar-refractivity contribution >= 4 is 22.8 Å². The van der Waals surface area contributed by atoms with E-state index in [0.29, 0.717) is 12.5 Å². The average Bonchev–Trinajstić information content (AvgIpc) is 2.97. The second-order valence-electron chi connectivity index (χ2n) is 5.18. The van der Waals surface area contributed by atoms with Crippen LogP contribution in [0.3, 0.4) is 0 Å². The summed E-state index contributed by atoms with van der Waals surface area (Å²) in [5.74, 6) is 1.31. The molecule has 6 heteroatoms. The van der Waals surface area contributed by atoms with Crippen LogP contribution in [0.25, 0.3) is 11.2 Å². The van der Waals surface area contributed by atoms with Crippen LogP contribution in [0, 0.1) is 6.92 Å². The maximum atomic E-state index is 6.05. The predicted octanol–water partition coefficient (Wildman–Crippen LogP) is 1.95. The second kappa shape index (κ2) is 3.96. The Morgan fingerprint density at radius 2 is 2.28 bits per heavy atom. The highest BCUT2D eigenvalue weighted by atomic mass is 35.5. The molecule has 0 bridgehead atoms. The molecule has 18 heavy (non-hydrogen) atoms. The molecule has 0 N–H and O–H groups in total. The zero-order chi connectivity index (χ0) is 12.9. The van der Waals surface area contributed by atoms with Gasteiger partial charge in [-0.2, -0.15) is 5.10 Å². The molecule has 2 aromatic heterocycles. The zero-order valence-electron chi connectivity index (χ0n) is 10.9. The second-order valence-corrected chi connectivity index (χ2v) is 5.45. The quantitative estimate of drug-likeness (QED) is 0.782. The van der Waals surface area contributed by atoms with Gasteiger partial charge in [0.25, 0.3) is 0 Å². The Labute approximate surface area is 111 Å². The van der Waals surface area contributed by atoms with Crippen molar-refractivity contribution in [3.63, 3.8) is 0 Å². The fraction of sp³-hybridized carbons (Fsp3) is 0.667. The number of fused-ring (bicyclic) bond motifs is 1. The molecular formula is C12H17ClN4O. The van der Waals surface area contributed by atoms with Gasteiger partial charge in [0.05, 0.1) is 23.7 Å². The number of hydrogen-bond donors (Lipinski definition) is 0. The molecular weight excluding hydrogens is 252 g/mol. The Morgan fingerprint density at radius 3 is 2.89 bits per heavy atom. The molecule has 1 aliphatic rings. The molecule has 2 aromatic rings. The van der Waals surface area contributed by atoms with Gasteiger partial charge in [-0.3, -0.25) is 4.68 Å². The largest absolute Gasteiger partial charge is 0.379 e. The van der Waals surface area contributed by atoms with E-state index in [1.165, 1.54) is 0 Å². The van der Waals surface area contributed by atoms with Gasteiger partial charge in [-0.05, 0) is 20.3 Å². The molecule has 5 nitrogen and oxygen atoms in total. The first-order chi connectivity index (χ1) is 8.57. The van der Waals surface area contributed by atoms with E-state index in [1.54, 1.807) is 0 Å². The van der Waals surface area contributed by atoms with Crippen molar-refractivity contribution in [1.82, 2.24) is 19.3 Å². The van der Waals surface area contributed by atoms with Gasteiger partial charge in [0.15, 0.2) is 5.65 Å². The molecule has 1 unspecified atom stereocenters. The topological polar surface area (TPSA) is 44.9 Å². The lowest BCUT2D eigenvalue weighted by Gasteiger charge is -2.26. The molecule has 1 saturated heterocycles. The minimum atomic E-state index is -0.0702. The van der Waals surface area contributed by atoms with Gasteiger partial charge < -0.3 is 9.30 Å². The van der Waals surface area contributed by atoms with Crippen molar-refractivity contribution in [3.8, 4) is 0 Å². The van der Waals surface area contributed by atoms with Crippen LogP contribution in [-0.2, 0) is 23.2 Å². The standard InChI is InChI=1S/C12H17ClN4O/c1-8-10-11(16(3)15-8)17(9(6-13)14-10)12(2)4-5-18-7-12/h4-7H2,1-3H3. The summed E-state index contributed by atoms with van der Waals surface area (Å²) in [7, 11) is 1.95. The van der Waals surface area contributed by atoms with Crippen LogP contribution in [0.1, 0.15) is 24.9 Å². The number of aryl methyl sites for hydroxylation is 2. The lowest BCUT2D eigenvalue weighted by Crippen LogP contribution is -2.32. The monoisotopic (exact) mass is 268 g/mol. The van der Waals surface area contributed by atoms with Crippen molar-refractivity contribution in [2.45, 2.75) is 31.7 Å². The molecule has 0 amide bonds. The fourth-order valence-electron chi connectivity index (χ4n) is 2.81. The molecule has 0 saturated carbocycles. The maximum Gasteiger partial charge on any atom is 0.159 e. The van der Waals surface area contributed by atoms with Gasteiger partial charge in [-0.1, -0.05) is 0 Å². The summed E-state index contributed by atoms with van der Waals surface area (Å²) in [4.78, 5) is 4.63. The highest BCUT2D eigenvalue weighted by Crippen LogP contribution is 2.33. The Balaban J connectivity index is 2.31. The molecule has 0 aliphatic carbocycles. The average molecular weight is 269 g/mol. The number of ether oxygens (including phenoxy) is 1. The Morgan fingerprint density at radius 1 is 1.50 bits per heavy atom. The van der Waals surface area contributed by atoms with Gasteiger partial charge in [-0.25, -0.2) is 4.98 Å². The van der Waals surface area contributed by atoms with Crippen LogP contribution < -0.4 is 0 Å². The molecule has 3 heterocycles. The third-order valence-corrected chi connectivity index (χ3v) is 3.97. The van der Waals surface area contributed by atoms with Crippen molar-refractivity contribution in [2.24, 2.45) is 7.05 Å². The van der Waals surface area contributed by atoms with Gasteiger partial charge in [0.1, 0.15) is 11.3 Å². The van der Waals surface area contributed by atoms with Crippen molar-refractivity contribution < 1.29 is 4.74 Å². The first kappa shape index (κ1) is 12.0. The molecule has 0 spiro atoms. The molecule has 1 fully saturated rings. The number of imidazole rings is 1. The lowest BCUT2D eigenvalue weighted by molar-refractivity contribution is 0.161. The van der Waals surface area contributed by atoms with E-state index in [4.69, 9.17) is 16.3 Å². The smallest absolute Gasteiger partial charge is 0.159 e. The number of halogens is 1. The number of alkyl halides is 1. The number of hydrogen-bond acceptors (Lipinski definition) is 3. The molecule has 0 aromatic carbocycles. The van der Waals surface area contributed by atoms with Crippen molar-refractivity contribution in [1.29, 1.82) is 0 Å². The zero-order valence-corrected chi connectivity index (χ0v) is 11.7. The minimum absolute atomic E-state index is 0.0702. The third-order valence-electron chi connectivity index (χ3n) is 3.73. The van der Waals surface area contributed by atoms with Gasteiger partial charge in [0, 0.05) is 13.7 Å². The Kier molecular flexibility index (Phi) is 2.64. The summed E-state index contributed by atoms with van der Waals surface area (Å²) in [6.07, 6.45) is 0.979. The minimum Gasteiger partial charge on any atom is -0.379 e. The molecule has 1 atom stereocenters. The van der Waals surface area contributed by atoms with Crippen LogP contribution >= 0.6 is 11.6 Å². The number of nitrogens with zero attached hydrogens (tertiary/aromatic N) is 4. The van der Waals surface area contributed by atoms with Crippen molar-refractivity contribution in [2.75, 3.05) is 13.2 Å². The molecule has 0 radical (unpaired) electrons. The van der Waals surface area contributed by atoms with E-state index in [9.17, 15) is 0 Å². The van der Waals surface area contributed by atoms with E-state index in [-0.39, 0.29) is 5.54 Å². The number of aromatic nitrogens is 4. The Bertz CT molecular complexity index is 595. The van der Waals surface area contributed by atoms with Crippen LogP contribution in [0.5, 0.6) is 0 Å². The summed E-state index contributed by atoms with van der Waals surface area (Å²) in [6, 6.07) is 0. The van der Waals surface area contributed by atoms with Crippen LogP contribution in [0.2, 0.25) is 0 Å². The number of rotatable bonds is 2. The summed E-state index contributed by atoms with van der Waals surface area (Å²) in [6.45, 7) is 5.66. The predicted molar refractivity (Wildman–Crippen MR) is 69.9 cm³/mol. The fourth-order valence-corrected chi connectivity index (χ4v) is 2.99. The van der Waals surface area contributed by atoms with Gasteiger partial charge in [0.2, 0.25) is 0 Å². The highest BCUT2D eigenvalue weighted by Gasteiger charge is 2.36. The van der Waals surface area contributed by atoms with Gasteiger partial charge in [-0.15, -0.1) is 11.6 Å².